The van der Waals surface area contributed by atoms with E-state index in [1.165, 1.54) is 57.2 Å². The zero-order chi connectivity index (χ0) is 31.0. The highest BCUT2D eigenvalue weighted by molar-refractivity contribution is 5.93. The molecule has 0 radical (unpaired) electrons. The Labute approximate surface area is 246 Å². The summed E-state index contributed by atoms with van der Waals surface area (Å²) in [4.78, 5) is 29.1. The van der Waals surface area contributed by atoms with E-state index in [0.717, 1.165) is 18.2 Å². The number of halogens is 4. The molecule has 0 fully saturated rings. The Hall–Kier alpha value is -5.72. The number of benzene rings is 3. The maximum Gasteiger partial charge on any atom is 0.416 e. The fourth-order valence-electron chi connectivity index (χ4n) is 4.65. The van der Waals surface area contributed by atoms with Gasteiger partial charge in [-0.2, -0.15) is 13.2 Å². The van der Waals surface area contributed by atoms with Crippen molar-refractivity contribution in [2.24, 2.45) is 0 Å². The van der Waals surface area contributed by atoms with Gasteiger partial charge in [-0.05, 0) is 42.0 Å². The van der Waals surface area contributed by atoms with Crippen LogP contribution in [-0.4, -0.2) is 34.2 Å². The normalized spacial score (nSPS) is 11.5. The van der Waals surface area contributed by atoms with Gasteiger partial charge in [0.1, 0.15) is 12.1 Å². The minimum Gasteiger partial charge on any atom is -0.493 e. The third kappa shape index (κ3) is 5.30. The van der Waals surface area contributed by atoms with Crippen LogP contribution in [0.4, 0.5) is 29.1 Å². The summed E-state index contributed by atoms with van der Waals surface area (Å²) in [5.41, 5.74) is 0.302. The van der Waals surface area contributed by atoms with Crippen LogP contribution in [0.5, 0.6) is 23.1 Å². The molecular weight excluding hydrogens is 582 g/mol. The van der Waals surface area contributed by atoms with Crippen molar-refractivity contribution in [1.29, 1.82) is 0 Å². The lowest BCUT2D eigenvalue weighted by Crippen LogP contribution is -2.10. The number of aromatic amines is 1. The van der Waals surface area contributed by atoms with E-state index in [2.05, 4.69) is 25.3 Å². The minimum absolute atomic E-state index is 0.0913. The predicted octanol–water partition coefficient (Wildman–Crippen LogP) is 7.24. The molecule has 0 unspecified atom stereocenters. The van der Waals surface area contributed by atoms with Crippen LogP contribution in [-0.2, 0) is 6.18 Å². The highest BCUT2D eigenvalue weighted by Crippen LogP contribution is 2.37. The molecule has 0 bridgehead atoms. The zero-order valence-electron chi connectivity index (χ0n) is 23.0. The van der Waals surface area contributed by atoms with Crippen molar-refractivity contribution in [3.05, 3.63) is 101 Å². The van der Waals surface area contributed by atoms with Gasteiger partial charge < -0.3 is 24.5 Å². The summed E-state index contributed by atoms with van der Waals surface area (Å²) >= 11 is 0. The first-order chi connectivity index (χ1) is 21.2. The van der Waals surface area contributed by atoms with E-state index in [-0.39, 0.29) is 39.6 Å². The molecule has 3 heterocycles. The Morgan fingerprint density at radius 1 is 0.864 bits per heavy atom. The van der Waals surface area contributed by atoms with E-state index in [9.17, 15) is 18.0 Å². The molecule has 0 aliphatic carbocycles. The fourth-order valence-corrected chi connectivity index (χ4v) is 4.65. The quantitative estimate of drug-likeness (QED) is 0.184. The summed E-state index contributed by atoms with van der Waals surface area (Å²) in [5, 5.41) is 3.56. The zero-order valence-corrected chi connectivity index (χ0v) is 23.0. The number of ether oxygens (including phenoxy) is 3. The number of fused-ring (bicyclic) bond motifs is 2. The first kappa shape index (κ1) is 28.4. The summed E-state index contributed by atoms with van der Waals surface area (Å²) in [7, 11) is 2.98. The van der Waals surface area contributed by atoms with E-state index in [4.69, 9.17) is 14.2 Å². The SMILES string of the molecule is COc1cc2ncnc(Oc3ccc(Nc4nccc5[nH]cc(-c6ccc(C(F)(F)F)cc6)c(=O)c45)cc3F)c2cc1OC. The molecule has 0 aliphatic heterocycles. The second-order valence-corrected chi connectivity index (χ2v) is 9.46. The Balaban J connectivity index is 1.31. The van der Waals surface area contributed by atoms with Gasteiger partial charge in [-0.25, -0.2) is 19.3 Å². The molecular formula is C31H21F4N5O4. The number of rotatable bonds is 7. The Morgan fingerprint density at radius 3 is 2.32 bits per heavy atom. The smallest absolute Gasteiger partial charge is 0.416 e. The molecule has 0 saturated carbocycles. The first-order valence-corrected chi connectivity index (χ1v) is 13.0. The lowest BCUT2D eigenvalue weighted by Gasteiger charge is -2.13. The van der Waals surface area contributed by atoms with Crippen LogP contribution in [0.1, 0.15) is 5.56 Å². The van der Waals surface area contributed by atoms with Crippen LogP contribution in [0.2, 0.25) is 0 Å². The van der Waals surface area contributed by atoms with Gasteiger partial charge in [0.05, 0.1) is 41.6 Å². The van der Waals surface area contributed by atoms with Gasteiger partial charge in [-0.15, -0.1) is 0 Å². The predicted molar refractivity (Wildman–Crippen MR) is 155 cm³/mol. The summed E-state index contributed by atoms with van der Waals surface area (Å²) < 4.78 is 70.8. The van der Waals surface area contributed by atoms with Gasteiger partial charge in [0.25, 0.3) is 0 Å². The summed E-state index contributed by atoms with van der Waals surface area (Å²) in [5.74, 6) is 0.222. The molecule has 3 aromatic heterocycles. The minimum atomic E-state index is -4.50. The molecule has 6 aromatic rings. The van der Waals surface area contributed by atoms with Gasteiger partial charge in [-0.1, -0.05) is 12.1 Å². The van der Waals surface area contributed by atoms with Crippen molar-refractivity contribution < 1.29 is 31.8 Å². The Morgan fingerprint density at radius 2 is 1.61 bits per heavy atom. The molecule has 44 heavy (non-hydrogen) atoms. The maximum absolute atomic E-state index is 15.3. The van der Waals surface area contributed by atoms with E-state index >= 15 is 4.39 Å². The van der Waals surface area contributed by atoms with Gasteiger partial charge in [0.15, 0.2) is 23.1 Å². The Bertz CT molecular complexity index is 2080. The molecule has 0 amide bonds. The maximum atomic E-state index is 15.3. The van der Waals surface area contributed by atoms with Crippen molar-refractivity contribution in [3.8, 4) is 34.3 Å². The third-order valence-corrected chi connectivity index (χ3v) is 6.82. The van der Waals surface area contributed by atoms with Crippen molar-refractivity contribution in [2.75, 3.05) is 19.5 Å². The van der Waals surface area contributed by atoms with Crippen molar-refractivity contribution in [3.63, 3.8) is 0 Å². The standard InChI is InChI=1S/C31H21F4N5O4/c1-42-25-12-19-23(13-26(25)43-2)38-15-39-30(19)44-24-8-7-18(11-21(24)32)40-29-27-22(9-10-36-29)37-14-20(28(27)41)16-3-5-17(6-4-16)31(33,34)35/h3-15H,1-2H3,(H,36,40)(H,37,41). The largest absolute Gasteiger partial charge is 0.493 e. The second kappa shape index (κ2) is 11.2. The molecule has 0 spiro atoms. The number of methoxy groups -OCH3 is 2. The lowest BCUT2D eigenvalue weighted by atomic mass is 10.0. The number of aromatic nitrogens is 4. The number of pyridine rings is 2. The van der Waals surface area contributed by atoms with E-state index in [1.807, 2.05) is 0 Å². The molecule has 9 nitrogen and oxygen atoms in total. The number of anilines is 2. The molecule has 6 rings (SSSR count). The van der Waals surface area contributed by atoms with Gasteiger partial charge >= 0.3 is 6.18 Å². The summed E-state index contributed by atoms with van der Waals surface area (Å²) in [6, 6.07) is 13.2. The number of H-pyrrole nitrogens is 1. The monoisotopic (exact) mass is 603 g/mol. The van der Waals surface area contributed by atoms with Crippen LogP contribution in [0, 0.1) is 5.82 Å². The van der Waals surface area contributed by atoms with Crippen LogP contribution >= 0.6 is 0 Å². The number of alkyl halides is 3. The molecule has 0 aliphatic rings. The van der Waals surface area contributed by atoms with E-state index < -0.39 is 23.0 Å². The van der Waals surface area contributed by atoms with Crippen molar-refractivity contribution >= 4 is 33.3 Å². The molecule has 0 saturated heterocycles. The van der Waals surface area contributed by atoms with E-state index in [1.54, 1.807) is 18.2 Å². The summed E-state index contributed by atoms with van der Waals surface area (Å²) in [6.45, 7) is 0. The fraction of sp³-hybridized carbons (Fsp3) is 0.0968. The van der Waals surface area contributed by atoms with Crippen molar-refractivity contribution in [2.45, 2.75) is 6.18 Å². The number of nitrogens with one attached hydrogen (secondary N) is 2. The molecule has 2 N–H and O–H groups in total. The first-order valence-electron chi connectivity index (χ1n) is 13.0. The highest BCUT2D eigenvalue weighted by Gasteiger charge is 2.30. The average Bonchev–Trinajstić information content (AvgIpc) is 3.01. The summed E-state index contributed by atoms with van der Waals surface area (Å²) in [6.07, 6.45) is -0.351. The number of hydrogen-bond donors (Lipinski definition) is 2. The molecule has 3 aromatic carbocycles. The highest BCUT2D eigenvalue weighted by atomic mass is 19.4. The Kier molecular flexibility index (Phi) is 7.21. The van der Waals surface area contributed by atoms with Crippen LogP contribution < -0.4 is 25.0 Å². The number of hydrogen-bond acceptors (Lipinski definition) is 8. The molecule has 0 atom stereocenters. The average molecular weight is 604 g/mol. The van der Waals surface area contributed by atoms with Crippen LogP contribution in [0.3, 0.4) is 0 Å². The third-order valence-electron chi connectivity index (χ3n) is 6.82. The van der Waals surface area contributed by atoms with Gasteiger partial charge in [-0.3, -0.25) is 4.79 Å². The lowest BCUT2D eigenvalue weighted by molar-refractivity contribution is -0.137. The second-order valence-electron chi connectivity index (χ2n) is 9.46. The topological polar surface area (TPSA) is 111 Å². The molecule has 222 valence electrons. The van der Waals surface area contributed by atoms with E-state index in [0.29, 0.717) is 27.9 Å². The molecule has 13 heteroatoms. The van der Waals surface area contributed by atoms with Gasteiger partial charge in [0, 0.05) is 35.8 Å². The van der Waals surface area contributed by atoms with Crippen molar-refractivity contribution in [1.82, 2.24) is 19.9 Å². The number of nitrogens with zero attached hydrogens (tertiary/aromatic N) is 3. The van der Waals surface area contributed by atoms with Crippen LogP contribution in [0.25, 0.3) is 32.9 Å². The van der Waals surface area contributed by atoms with Gasteiger partial charge in [0.2, 0.25) is 11.3 Å². The van der Waals surface area contributed by atoms with Crippen LogP contribution in [0.15, 0.2) is 84.2 Å².